The summed E-state index contributed by atoms with van der Waals surface area (Å²) >= 11 is 0. The van der Waals surface area contributed by atoms with Crippen LogP contribution >= 0.6 is 0 Å². The van der Waals surface area contributed by atoms with Crippen molar-refractivity contribution in [1.82, 2.24) is 9.97 Å². The van der Waals surface area contributed by atoms with E-state index >= 15 is 0 Å². The average molecular weight is 254 g/mol. The minimum Gasteiger partial charge on any atom is -0.357 e. The molecule has 1 fully saturated rings. The monoisotopic (exact) mass is 254 g/mol. The van der Waals surface area contributed by atoms with Gasteiger partial charge in [-0.1, -0.05) is 17.7 Å². The van der Waals surface area contributed by atoms with Gasteiger partial charge in [-0.25, -0.2) is 4.98 Å². The molecule has 0 amide bonds. The van der Waals surface area contributed by atoms with Gasteiger partial charge in [-0.3, -0.25) is 0 Å². The van der Waals surface area contributed by atoms with Gasteiger partial charge in [0.2, 0.25) is 5.95 Å². The van der Waals surface area contributed by atoms with Gasteiger partial charge in [0.25, 0.3) is 0 Å². The van der Waals surface area contributed by atoms with Crippen molar-refractivity contribution in [2.45, 2.75) is 25.7 Å². The summed E-state index contributed by atoms with van der Waals surface area (Å²) in [6.45, 7) is 2.08. The molecule has 1 aromatic carbocycles. The van der Waals surface area contributed by atoms with E-state index in [4.69, 9.17) is 0 Å². The first-order valence-corrected chi connectivity index (χ1v) is 6.65. The van der Waals surface area contributed by atoms with Crippen molar-refractivity contribution in [1.29, 1.82) is 0 Å². The maximum Gasteiger partial charge on any atom is 0.224 e. The highest BCUT2D eigenvalue weighted by Crippen LogP contribution is 2.40. The van der Waals surface area contributed by atoms with Crippen molar-refractivity contribution >= 4 is 17.5 Å². The Morgan fingerprint density at radius 3 is 2.47 bits per heavy atom. The van der Waals surface area contributed by atoms with E-state index in [2.05, 4.69) is 57.9 Å². The lowest BCUT2D eigenvalue weighted by molar-refractivity contribution is 0.991. The van der Waals surface area contributed by atoms with Gasteiger partial charge in [-0.05, 0) is 31.9 Å². The summed E-state index contributed by atoms with van der Waals surface area (Å²) in [6, 6.07) is 10.4. The summed E-state index contributed by atoms with van der Waals surface area (Å²) in [7, 11) is 1.85. The topological polar surface area (TPSA) is 49.8 Å². The summed E-state index contributed by atoms with van der Waals surface area (Å²) in [5.41, 5.74) is 3.44. The van der Waals surface area contributed by atoms with Gasteiger partial charge in [-0.2, -0.15) is 4.98 Å². The Hall–Kier alpha value is -2.10. The molecule has 1 aliphatic carbocycles. The van der Waals surface area contributed by atoms with Crippen LogP contribution in [0.15, 0.2) is 30.3 Å². The van der Waals surface area contributed by atoms with E-state index < -0.39 is 0 Å². The quantitative estimate of drug-likeness (QED) is 0.877. The van der Waals surface area contributed by atoms with E-state index in [-0.39, 0.29) is 0 Å². The third-order valence-electron chi connectivity index (χ3n) is 3.29. The van der Waals surface area contributed by atoms with Gasteiger partial charge in [0.1, 0.15) is 5.82 Å². The third kappa shape index (κ3) is 2.84. The number of aromatic nitrogens is 2. The van der Waals surface area contributed by atoms with E-state index in [9.17, 15) is 0 Å². The first-order valence-electron chi connectivity index (χ1n) is 6.65. The summed E-state index contributed by atoms with van der Waals surface area (Å²) < 4.78 is 0. The van der Waals surface area contributed by atoms with Crippen molar-refractivity contribution in [3.63, 3.8) is 0 Å². The molecular weight excluding hydrogens is 236 g/mol. The van der Waals surface area contributed by atoms with Crippen molar-refractivity contribution in [2.75, 3.05) is 17.7 Å². The Morgan fingerprint density at radius 1 is 1.11 bits per heavy atom. The highest BCUT2D eigenvalue weighted by Gasteiger charge is 2.26. The van der Waals surface area contributed by atoms with Gasteiger partial charge in [0.15, 0.2) is 0 Å². The lowest BCUT2D eigenvalue weighted by atomic mass is 10.2. The first kappa shape index (κ1) is 12.0. The Balaban J connectivity index is 1.86. The molecule has 1 heterocycles. The molecule has 4 heteroatoms. The molecule has 2 N–H and O–H groups in total. The number of nitrogens with zero attached hydrogens (tertiary/aromatic N) is 2. The zero-order valence-corrected chi connectivity index (χ0v) is 11.3. The molecule has 98 valence electrons. The molecule has 1 aliphatic rings. The largest absolute Gasteiger partial charge is 0.357 e. The number of hydrogen-bond acceptors (Lipinski definition) is 4. The molecule has 0 spiro atoms. The Labute approximate surface area is 113 Å². The Kier molecular flexibility index (Phi) is 3.07. The molecule has 0 aliphatic heterocycles. The van der Waals surface area contributed by atoms with Crippen molar-refractivity contribution in [3.05, 3.63) is 41.6 Å². The smallest absolute Gasteiger partial charge is 0.224 e. The second-order valence-electron chi connectivity index (χ2n) is 5.02. The maximum absolute atomic E-state index is 4.51. The normalized spacial score (nSPS) is 14.2. The molecule has 0 bridgehead atoms. The van der Waals surface area contributed by atoms with E-state index in [1.54, 1.807) is 0 Å². The molecule has 19 heavy (non-hydrogen) atoms. The Bertz CT molecular complexity index is 573. The predicted octanol–water partition coefficient (Wildman–Crippen LogP) is 3.45. The van der Waals surface area contributed by atoms with Gasteiger partial charge in [0.05, 0.1) is 5.69 Å². The second kappa shape index (κ2) is 4.88. The lowest BCUT2D eigenvalue weighted by Gasteiger charge is -2.09. The van der Waals surface area contributed by atoms with Crippen LogP contribution < -0.4 is 10.6 Å². The van der Waals surface area contributed by atoms with E-state index in [1.807, 2.05) is 7.05 Å². The van der Waals surface area contributed by atoms with Crippen LogP contribution in [-0.4, -0.2) is 17.0 Å². The van der Waals surface area contributed by atoms with Crippen LogP contribution in [0, 0.1) is 6.92 Å². The minimum atomic E-state index is 0.619. The molecule has 1 aromatic heterocycles. The van der Waals surface area contributed by atoms with Crippen molar-refractivity contribution in [3.8, 4) is 0 Å². The predicted molar refractivity (Wildman–Crippen MR) is 78.0 cm³/mol. The van der Waals surface area contributed by atoms with Crippen LogP contribution in [0.3, 0.4) is 0 Å². The molecule has 0 unspecified atom stereocenters. The number of benzene rings is 1. The zero-order chi connectivity index (χ0) is 13.2. The fourth-order valence-corrected chi connectivity index (χ4v) is 2.01. The van der Waals surface area contributed by atoms with Crippen LogP contribution in [0.5, 0.6) is 0 Å². The number of anilines is 3. The van der Waals surface area contributed by atoms with E-state index in [0.717, 1.165) is 17.2 Å². The van der Waals surface area contributed by atoms with Crippen molar-refractivity contribution in [2.24, 2.45) is 0 Å². The molecule has 2 aromatic rings. The van der Waals surface area contributed by atoms with Crippen LogP contribution in [0.4, 0.5) is 17.5 Å². The fraction of sp³-hybridized carbons (Fsp3) is 0.333. The summed E-state index contributed by atoms with van der Waals surface area (Å²) in [4.78, 5) is 8.95. The second-order valence-corrected chi connectivity index (χ2v) is 5.02. The van der Waals surface area contributed by atoms with Crippen LogP contribution in [0.2, 0.25) is 0 Å². The van der Waals surface area contributed by atoms with Crippen LogP contribution in [0.25, 0.3) is 0 Å². The highest BCUT2D eigenvalue weighted by molar-refractivity contribution is 5.58. The van der Waals surface area contributed by atoms with Gasteiger partial charge in [0, 0.05) is 24.7 Å². The number of hydrogen-bond donors (Lipinski definition) is 2. The van der Waals surface area contributed by atoms with Crippen molar-refractivity contribution < 1.29 is 0 Å². The first-order chi connectivity index (χ1) is 9.24. The maximum atomic E-state index is 4.51. The molecule has 4 nitrogen and oxygen atoms in total. The molecule has 0 saturated heterocycles. The standard InChI is InChI=1S/C15H18N4/c1-10-3-7-12(8-4-10)17-14-9-13(11-5-6-11)18-15(16-2)19-14/h3-4,7-9,11H,5-6H2,1-2H3,(H2,16,17,18,19). The lowest BCUT2D eigenvalue weighted by Crippen LogP contribution is -2.03. The van der Waals surface area contributed by atoms with Gasteiger partial charge in [-0.15, -0.1) is 0 Å². The van der Waals surface area contributed by atoms with Gasteiger partial charge < -0.3 is 10.6 Å². The number of rotatable bonds is 4. The van der Waals surface area contributed by atoms with E-state index in [1.165, 1.54) is 18.4 Å². The molecular formula is C15H18N4. The number of aryl methyl sites for hydroxylation is 1. The summed E-state index contributed by atoms with van der Waals surface area (Å²) in [5, 5.41) is 6.36. The van der Waals surface area contributed by atoms with Gasteiger partial charge >= 0.3 is 0 Å². The summed E-state index contributed by atoms with van der Waals surface area (Å²) in [6.07, 6.45) is 2.48. The molecule has 1 saturated carbocycles. The molecule has 0 radical (unpaired) electrons. The molecule has 0 atom stereocenters. The Morgan fingerprint density at radius 2 is 1.84 bits per heavy atom. The van der Waals surface area contributed by atoms with E-state index in [0.29, 0.717) is 11.9 Å². The minimum absolute atomic E-state index is 0.619. The zero-order valence-electron chi connectivity index (χ0n) is 11.3. The number of nitrogens with one attached hydrogen (secondary N) is 2. The summed E-state index contributed by atoms with van der Waals surface area (Å²) in [5.74, 6) is 2.15. The third-order valence-corrected chi connectivity index (χ3v) is 3.29. The highest BCUT2D eigenvalue weighted by atomic mass is 15.1. The van der Waals surface area contributed by atoms with Crippen LogP contribution in [-0.2, 0) is 0 Å². The SMILES string of the molecule is CNc1nc(Nc2ccc(C)cc2)cc(C2CC2)n1. The molecule has 3 rings (SSSR count). The fourth-order valence-electron chi connectivity index (χ4n) is 2.01. The average Bonchev–Trinajstić information content (AvgIpc) is 3.25. The van der Waals surface area contributed by atoms with Crippen LogP contribution in [0.1, 0.15) is 30.0 Å².